The van der Waals surface area contributed by atoms with Gasteiger partial charge >= 0.3 is 0 Å². The molecule has 11 heteroatoms. The second kappa shape index (κ2) is 17.0. The molecule has 0 aromatic rings. The Kier molecular flexibility index (Phi) is 15.3. The lowest BCUT2D eigenvalue weighted by atomic mass is 9.89. The van der Waals surface area contributed by atoms with Gasteiger partial charge in [0.1, 0.15) is 6.04 Å². The topological polar surface area (TPSA) is 143 Å². The average Bonchev–Trinajstić information content (AvgIpc) is 3.40. The molecule has 238 valence electrons. The van der Waals surface area contributed by atoms with Crippen molar-refractivity contribution in [2.75, 3.05) is 34.9 Å². The first kappa shape index (κ1) is 36.8. The summed E-state index contributed by atoms with van der Waals surface area (Å²) in [6.45, 7) is 14.1. The number of amides is 4. The number of nitrogens with two attached hydrogens (primary N) is 1. The average molecular weight is 584 g/mol. The normalized spacial score (nSPS) is 20.7. The van der Waals surface area contributed by atoms with Crippen molar-refractivity contribution in [1.82, 2.24) is 20.4 Å². The summed E-state index contributed by atoms with van der Waals surface area (Å²) in [5.74, 6) is -1.66. The Bertz CT molecular complexity index is 868. The molecule has 8 atom stereocenters. The summed E-state index contributed by atoms with van der Waals surface area (Å²) in [7, 11) is 6.55. The SMILES string of the molecule is CCC(C)[C@@H]([C@@H](CC(=O)N1CCC[C@H]1[C@H](OC)[C@@H](C)C(N)=O)OC)N(C)C(=O)[C@@H](NC(=O)[C@@H](NC)C(C)C)C(C)C. The lowest BCUT2D eigenvalue weighted by Gasteiger charge is -2.41. The van der Waals surface area contributed by atoms with Crippen LogP contribution in [0.1, 0.15) is 74.1 Å². The quantitative estimate of drug-likeness (QED) is 0.237. The van der Waals surface area contributed by atoms with E-state index in [1.165, 1.54) is 7.11 Å². The van der Waals surface area contributed by atoms with E-state index >= 15 is 0 Å². The molecule has 11 nitrogen and oxygen atoms in total. The van der Waals surface area contributed by atoms with E-state index < -0.39 is 42.2 Å². The first-order valence-electron chi connectivity index (χ1n) is 15.1. The standard InChI is InChI=1S/C30H57N5O6/c1-12-19(6)26(34(9)30(39)25(18(4)5)33-29(38)24(32-8)17(2)3)22(40-10)16-23(36)35-15-13-14-21(35)27(41-11)20(7)28(31)37/h17-22,24-27,32H,12-16H2,1-11H3,(H2,31,37)(H,33,38)/t19?,20-,21+,22-,24+,25+,26+,27-/m1/s1. The van der Waals surface area contributed by atoms with Gasteiger partial charge in [0, 0.05) is 27.8 Å². The number of likely N-dealkylation sites (tertiary alicyclic amines) is 1. The molecule has 0 saturated carbocycles. The number of nitrogens with zero attached hydrogens (tertiary/aromatic N) is 2. The number of hydrogen-bond donors (Lipinski definition) is 3. The zero-order valence-electron chi connectivity index (χ0n) is 27.2. The molecule has 1 aliphatic heterocycles. The largest absolute Gasteiger partial charge is 0.379 e. The van der Waals surface area contributed by atoms with Gasteiger partial charge in [0.25, 0.3) is 0 Å². The Hall–Kier alpha value is -2.24. The summed E-state index contributed by atoms with van der Waals surface area (Å²) in [4.78, 5) is 56.0. The summed E-state index contributed by atoms with van der Waals surface area (Å²) in [5, 5.41) is 6.00. The molecule has 4 N–H and O–H groups in total. The highest BCUT2D eigenvalue weighted by Crippen LogP contribution is 2.29. The van der Waals surface area contributed by atoms with Crippen molar-refractivity contribution in [2.45, 2.75) is 111 Å². The van der Waals surface area contributed by atoms with Crippen LogP contribution in [0.15, 0.2) is 0 Å². The van der Waals surface area contributed by atoms with Gasteiger partial charge in [0.15, 0.2) is 0 Å². The van der Waals surface area contributed by atoms with Crippen molar-refractivity contribution in [3.63, 3.8) is 0 Å². The summed E-state index contributed by atoms with van der Waals surface area (Å²) >= 11 is 0. The molecule has 0 aromatic heterocycles. The van der Waals surface area contributed by atoms with Crippen LogP contribution < -0.4 is 16.4 Å². The molecule has 0 bridgehead atoms. The van der Waals surface area contributed by atoms with Crippen LogP contribution in [-0.4, -0.2) is 105 Å². The predicted molar refractivity (Wildman–Crippen MR) is 160 cm³/mol. The molecular formula is C30H57N5O6. The van der Waals surface area contributed by atoms with Crippen LogP contribution in [0.25, 0.3) is 0 Å². The van der Waals surface area contributed by atoms with Crippen LogP contribution >= 0.6 is 0 Å². The van der Waals surface area contributed by atoms with E-state index in [0.29, 0.717) is 13.0 Å². The molecule has 1 saturated heterocycles. The Morgan fingerprint density at radius 3 is 2.02 bits per heavy atom. The van der Waals surface area contributed by atoms with Gasteiger partial charge in [-0.05, 0) is 37.6 Å². The third-order valence-electron chi connectivity index (χ3n) is 8.78. The van der Waals surface area contributed by atoms with Gasteiger partial charge in [0.05, 0.1) is 42.7 Å². The maximum Gasteiger partial charge on any atom is 0.245 e. The smallest absolute Gasteiger partial charge is 0.245 e. The molecule has 1 rings (SSSR count). The number of methoxy groups -OCH3 is 2. The van der Waals surface area contributed by atoms with Crippen LogP contribution in [0, 0.1) is 23.7 Å². The first-order valence-corrected chi connectivity index (χ1v) is 15.1. The first-order chi connectivity index (χ1) is 19.2. The lowest BCUT2D eigenvalue weighted by molar-refractivity contribution is -0.147. The molecule has 1 aliphatic rings. The number of rotatable bonds is 17. The Morgan fingerprint density at radius 2 is 1.59 bits per heavy atom. The monoisotopic (exact) mass is 583 g/mol. The van der Waals surface area contributed by atoms with Crippen molar-refractivity contribution in [2.24, 2.45) is 29.4 Å². The van der Waals surface area contributed by atoms with Gasteiger partial charge < -0.3 is 35.6 Å². The summed E-state index contributed by atoms with van der Waals surface area (Å²) in [6.07, 6.45) is 1.26. The molecule has 0 radical (unpaired) electrons. The highest BCUT2D eigenvalue weighted by Gasteiger charge is 2.42. The van der Waals surface area contributed by atoms with Gasteiger partial charge in [-0.15, -0.1) is 0 Å². The maximum absolute atomic E-state index is 13.9. The third kappa shape index (κ3) is 9.38. The van der Waals surface area contributed by atoms with Gasteiger partial charge in [0.2, 0.25) is 23.6 Å². The van der Waals surface area contributed by atoms with E-state index in [2.05, 4.69) is 10.6 Å². The number of carbonyl (C=O) groups excluding carboxylic acids is 4. The molecule has 1 unspecified atom stereocenters. The van der Waals surface area contributed by atoms with E-state index in [4.69, 9.17) is 15.2 Å². The van der Waals surface area contributed by atoms with Crippen molar-refractivity contribution in [3.8, 4) is 0 Å². The van der Waals surface area contributed by atoms with E-state index in [-0.39, 0.29) is 47.9 Å². The van der Waals surface area contributed by atoms with Crippen LogP contribution in [-0.2, 0) is 28.7 Å². The zero-order valence-corrected chi connectivity index (χ0v) is 27.2. The molecular weight excluding hydrogens is 526 g/mol. The molecule has 0 spiro atoms. The van der Waals surface area contributed by atoms with Crippen LogP contribution in [0.2, 0.25) is 0 Å². The number of ether oxygens (including phenoxy) is 2. The summed E-state index contributed by atoms with van der Waals surface area (Å²) in [5.41, 5.74) is 5.56. The van der Waals surface area contributed by atoms with E-state index in [0.717, 1.165) is 12.8 Å². The highest BCUT2D eigenvalue weighted by molar-refractivity contribution is 5.90. The minimum absolute atomic E-state index is 0.0157. The van der Waals surface area contributed by atoms with Gasteiger partial charge in [-0.3, -0.25) is 19.2 Å². The number of hydrogen-bond acceptors (Lipinski definition) is 7. The number of primary amides is 1. The van der Waals surface area contributed by atoms with E-state index in [1.807, 2.05) is 41.5 Å². The van der Waals surface area contributed by atoms with Crippen LogP contribution in [0.4, 0.5) is 0 Å². The highest BCUT2D eigenvalue weighted by atomic mass is 16.5. The number of nitrogens with one attached hydrogen (secondary N) is 2. The lowest BCUT2D eigenvalue weighted by Crippen LogP contribution is -2.59. The Balaban J connectivity index is 3.24. The molecule has 1 fully saturated rings. The molecule has 1 heterocycles. The minimum atomic E-state index is -0.734. The zero-order chi connectivity index (χ0) is 31.6. The summed E-state index contributed by atoms with van der Waals surface area (Å²) in [6, 6.07) is -1.84. The third-order valence-corrected chi connectivity index (χ3v) is 8.78. The fourth-order valence-corrected chi connectivity index (χ4v) is 6.06. The number of likely N-dealkylation sites (N-methyl/N-ethyl adjacent to an activating group) is 2. The van der Waals surface area contributed by atoms with Crippen LogP contribution in [0.5, 0.6) is 0 Å². The van der Waals surface area contributed by atoms with Crippen molar-refractivity contribution in [3.05, 3.63) is 0 Å². The fourth-order valence-electron chi connectivity index (χ4n) is 6.06. The van der Waals surface area contributed by atoms with Crippen molar-refractivity contribution in [1.29, 1.82) is 0 Å². The maximum atomic E-state index is 13.9. The summed E-state index contributed by atoms with van der Waals surface area (Å²) < 4.78 is 11.6. The second-order valence-electron chi connectivity index (χ2n) is 12.2. The Morgan fingerprint density at radius 1 is 1.00 bits per heavy atom. The molecule has 0 aromatic carbocycles. The van der Waals surface area contributed by atoms with E-state index in [1.54, 1.807) is 37.9 Å². The number of carbonyl (C=O) groups is 4. The van der Waals surface area contributed by atoms with Crippen LogP contribution in [0.3, 0.4) is 0 Å². The molecule has 41 heavy (non-hydrogen) atoms. The second-order valence-corrected chi connectivity index (χ2v) is 12.2. The van der Waals surface area contributed by atoms with Crippen molar-refractivity contribution >= 4 is 23.6 Å². The molecule has 0 aliphatic carbocycles. The minimum Gasteiger partial charge on any atom is -0.379 e. The fraction of sp³-hybridized carbons (Fsp3) is 0.867. The Labute approximate surface area is 247 Å². The van der Waals surface area contributed by atoms with Crippen molar-refractivity contribution < 1.29 is 28.7 Å². The van der Waals surface area contributed by atoms with E-state index in [9.17, 15) is 19.2 Å². The predicted octanol–water partition coefficient (Wildman–Crippen LogP) is 1.78. The van der Waals surface area contributed by atoms with Gasteiger partial charge in [-0.25, -0.2) is 0 Å². The van der Waals surface area contributed by atoms with Gasteiger partial charge in [-0.2, -0.15) is 0 Å². The van der Waals surface area contributed by atoms with Gasteiger partial charge in [-0.1, -0.05) is 54.9 Å². The molecule has 4 amide bonds.